The molecular weight excluding hydrogens is 200 g/mol. The molecule has 0 bridgehead atoms. The standard InChI is InChI=1S/C14H26O2/c1-3-8-12-14(16-12)10-7-5-6-9-13-11(4-2)15-13/h11-14H,3-10H2,1-2H3. The first kappa shape index (κ1) is 12.4. The van der Waals surface area contributed by atoms with Crippen molar-refractivity contribution in [2.75, 3.05) is 0 Å². The van der Waals surface area contributed by atoms with Gasteiger partial charge in [0.1, 0.15) is 0 Å². The summed E-state index contributed by atoms with van der Waals surface area (Å²) in [5, 5.41) is 0. The Hall–Kier alpha value is -0.0800. The van der Waals surface area contributed by atoms with Gasteiger partial charge in [0, 0.05) is 0 Å². The number of hydrogen-bond acceptors (Lipinski definition) is 2. The topological polar surface area (TPSA) is 25.1 Å². The zero-order valence-corrected chi connectivity index (χ0v) is 10.8. The van der Waals surface area contributed by atoms with E-state index in [0.717, 1.165) is 0 Å². The molecule has 0 aromatic rings. The van der Waals surface area contributed by atoms with E-state index < -0.39 is 0 Å². The van der Waals surface area contributed by atoms with E-state index >= 15 is 0 Å². The fourth-order valence-corrected chi connectivity index (χ4v) is 2.63. The van der Waals surface area contributed by atoms with Crippen LogP contribution in [-0.2, 0) is 9.47 Å². The molecule has 0 aromatic heterocycles. The van der Waals surface area contributed by atoms with E-state index in [1.165, 1.54) is 51.4 Å². The molecule has 16 heavy (non-hydrogen) atoms. The largest absolute Gasteiger partial charge is 0.370 e. The molecule has 2 aliphatic rings. The quantitative estimate of drug-likeness (QED) is 0.442. The summed E-state index contributed by atoms with van der Waals surface area (Å²) in [5.74, 6) is 0. The molecule has 0 radical (unpaired) electrons. The second-order valence-electron chi connectivity index (χ2n) is 5.26. The van der Waals surface area contributed by atoms with Gasteiger partial charge in [0.05, 0.1) is 24.4 Å². The van der Waals surface area contributed by atoms with Gasteiger partial charge in [-0.15, -0.1) is 0 Å². The molecule has 0 amide bonds. The molecule has 2 aliphatic heterocycles. The van der Waals surface area contributed by atoms with Gasteiger partial charge in [-0.3, -0.25) is 0 Å². The van der Waals surface area contributed by atoms with Crippen molar-refractivity contribution in [1.82, 2.24) is 0 Å². The van der Waals surface area contributed by atoms with Gasteiger partial charge in [-0.05, 0) is 25.7 Å². The van der Waals surface area contributed by atoms with Crippen LogP contribution < -0.4 is 0 Å². The van der Waals surface area contributed by atoms with Crippen LogP contribution in [0.3, 0.4) is 0 Å². The molecule has 4 unspecified atom stereocenters. The maximum Gasteiger partial charge on any atom is 0.0841 e. The number of ether oxygens (including phenoxy) is 2. The van der Waals surface area contributed by atoms with Crippen molar-refractivity contribution < 1.29 is 9.47 Å². The lowest BCUT2D eigenvalue weighted by Gasteiger charge is -1.97. The summed E-state index contributed by atoms with van der Waals surface area (Å²) in [6, 6.07) is 0. The zero-order valence-electron chi connectivity index (χ0n) is 10.8. The van der Waals surface area contributed by atoms with Crippen LogP contribution in [0.15, 0.2) is 0 Å². The molecule has 2 saturated heterocycles. The van der Waals surface area contributed by atoms with E-state index in [2.05, 4.69) is 13.8 Å². The molecule has 4 atom stereocenters. The molecule has 0 spiro atoms. The molecule has 0 aromatic carbocycles. The molecule has 0 aliphatic carbocycles. The van der Waals surface area contributed by atoms with Gasteiger partial charge in [0.2, 0.25) is 0 Å². The van der Waals surface area contributed by atoms with Crippen molar-refractivity contribution in [2.24, 2.45) is 0 Å². The highest BCUT2D eigenvalue weighted by atomic mass is 16.6. The van der Waals surface area contributed by atoms with Crippen molar-refractivity contribution in [3.05, 3.63) is 0 Å². The van der Waals surface area contributed by atoms with Crippen molar-refractivity contribution in [3.63, 3.8) is 0 Å². The fourth-order valence-electron chi connectivity index (χ4n) is 2.63. The average molecular weight is 226 g/mol. The predicted molar refractivity (Wildman–Crippen MR) is 65.6 cm³/mol. The molecule has 2 nitrogen and oxygen atoms in total. The summed E-state index contributed by atoms with van der Waals surface area (Å²) >= 11 is 0. The first-order valence-electron chi connectivity index (χ1n) is 7.16. The van der Waals surface area contributed by atoms with Crippen molar-refractivity contribution in [2.45, 2.75) is 89.6 Å². The minimum Gasteiger partial charge on any atom is -0.370 e. The van der Waals surface area contributed by atoms with Crippen LogP contribution >= 0.6 is 0 Å². The Labute approximate surface area is 99.7 Å². The highest BCUT2D eigenvalue weighted by molar-refractivity contribution is 4.85. The number of hydrogen-bond donors (Lipinski definition) is 0. The first-order chi connectivity index (χ1) is 7.85. The second kappa shape index (κ2) is 6.02. The summed E-state index contributed by atoms with van der Waals surface area (Å²) < 4.78 is 11.1. The lowest BCUT2D eigenvalue weighted by Crippen LogP contribution is -1.95. The SMILES string of the molecule is CCCC1OC1CCCCCC1OC1CC. The molecule has 2 heterocycles. The van der Waals surface area contributed by atoms with E-state index in [0.29, 0.717) is 24.4 Å². The molecule has 94 valence electrons. The number of epoxide rings is 2. The molecular formula is C14H26O2. The summed E-state index contributed by atoms with van der Waals surface area (Å²) in [6.45, 7) is 4.45. The molecule has 2 rings (SSSR count). The summed E-state index contributed by atoms with van der Waals surface area (Å²) in [7, 11) is 0. The van der Waals surface area contributed by atoms with Gasteiger partial charge in [0.25, 0.3) is 0 Å². The number of unbranched alkanes of at least 4 members (excludes halogenated alkanes) is 2. The van der Waals surface area contributed by atoms with Gasteiger partial charge in [-0.1, -0.05) is 39.5 Å². The molecule has 0 N–H and O–H groups in total. The van der Waals surface area contributed by atoms with Crippen LogP contribution in [0.5, 0.6) is 0 Å². The van der Waals surface area contributed by atoms with Crippen LogP contribution in [-0.4, -0.2) is 24.4 Å². The first-order valence-corrected chi connectivity index (χ1v) is 7.16. The second-order valence-corrected chi connectivity index (χ2v) is 5.26. The number of rotatable bonds is 9. The van der Waals surface area contributed by atoms with E-state index in [-0.39, 0.29) is 0 Å². The Morgan fingerprint density at radius 1 is 0.688 bits per heavy atom. The highest BCUT2D eigenvalue weighted by Gasteiger charge is 2.37. The van der Waals surface area contributed by atoms with Gasteiger partial charge in [-0.2, -0.15) is 0 Å². The normalized spacial score (nSPS) is 36.4. The average Bonchev–Trinajstić information content (AvgIpc) is 3.16. The minimum absolute atomic E-state index is 0.598. The highest BCUT2D eigenvalue weighted by Crippen LogP contribution is 2.32. The van der Waals surface area contributed by atoms with Crippen molar-refractivity contribution in [3.8, 4) is 0 Å². The minimum atomic E-state index is 0.598. The molecule has 2 heteroatoms. The maximum atomic E-state index is 5.61. The Morgan fingerprint density at radius 2 is 1.25 bits per heavy atom. The zero-order chi connectivity index (χ0) is 11.4. The van der Waals surface area contributed by atoms with E-state index in [1.807, 2.05) is 0 Å². The van der Waals surface area contributed by atoms with Gasteiger partial charge in [0.15, 0.2) is 0 Å². The fraction of sp³-hybridized carbons (Fsp3) is 1.00. The smallest absolute Gasteiger partial charge is 0.0841 e. The van der Waals surface area contributed by atoms with E-state index in [4.69, 9.17) is 9.47 Å². The maximum absolute atomic E-state index is 5.61. The van der Waals surface area contributed by atoms with Crippen molar-refractivity contribution >= 4 is 0 Å². The predicted octanol–water partition coefficient (Wildman–Crippen LogP) is 3.68. The Morgan fingerprint density at radius 3 is 1.81 bits per heavy atom. The monoisotopic (exact) mass is 226 g/mol. The summed E-state index contributed by atoms with van der Waals surface area (Å²) in [4.78, 5) is 0. The van der Waals surface area contributed by atoms with E-state index in [1.54, 1.807) is 0 Å². The lowest BCUT2D eigenvalue weighted by atomic mass is 10.1. The Kier molecular flexibility index (Phi) is 4.66. The van der Waals surface area contributed by atoms with Crippen LogP contribution in [0.4, 0.5) is 0 Å². The molecule has 0 saturated carbocycles. The van der Waals surface area contributed by atoms with Gasteiger partial charge < -0.3 is 9.47 Å². The Balaban J connectivity index is 1.37. The van der Waals surface area contributed by atoms with Crippen LogP contribution in [0.2, 0.25) is 0 Å². The third-order valence-electron chi connectivity index (χ3n) is 3.83. The third kappa shape index (κ3) is 3.74. The Bertz CT molecular complexity index is 205. The van der Waals surface area contributed by atoms with Crippen LogP contribution in [0, 0.1) is 0 Å². The molecule has 2 fully saturated rings. The lowest BCUT2D eigenvalue weighted by molar-refractivity contribution is 0.345. The van der Waals surface area contributed by atoms with Crippen LogP contribution in [0.1, 0.15) is 65.2 Å². The third-order valence-corrected chi connectivity index (χ3v) is 3.83. The van der Waals surface area contributed by atoms with Gasteiger partial charge >= 0.3 is 0 Å². The van der Waals surface area contributed by atoms with E-state index in [9.17, 15) is 0 Å². The van der Waals surface area contributed by atoms with Crippen molar-refractivity contribution in [1.29, 1.82) is 0 Å². The van der Waals surface area contributed by atoms with Crippen LogP contribution in [0.25, 0.3) is 0 Å². The van der Waals surface area contributed by atoms with Gasteiger partial charge in [-0.25, -0.2) is 0 Å². The summed E-state index contributed by atoms with van der Waals surface area (Å²) in [6.07, 6.45) is 12.7. The summed E-state index contributed by atoms with van der Waals surface area (Å²) in [5.41, 5.74) is 0.